The second-order valence-electron chi connectivity index (χ2n) is 5.72. The Hall–Kier alpha value is -2.11. The summed E-state index contributed by atoms with van der Waals surface area (Å²) in [6, 6.07) is 5.07. The van der Waals surface area contributed by atoms with Gasteiger partial charge < -0.3 is 5.32 Å². The van der Waals surface area contributed by atoms with E-state index >= 15 is 0 Å². The van der Waals surface area contributed by atoms with Gasteiger partial charge in [-0.25, -0.2) is 18.9 Å². The molecule has 1 aromatic carbocycles. The number of nitrogens with zero attached hydrogens (tertiary/aromatic N) is 2. The highest BCUT2D eigenvalue weighted by molar-refractivity contribution is 6.04. The first-order valence-electron chi connectivity index (χ1n) is 6.45. The number of hydrogen-bond donors (Lipinski definition) is 1. The Balaban J connectivity index is 2.14. The topological polar surface area (TPSA) is 52.7 Å². The maximum Gasteiger partial charge on any atom is 0.332 e. The molecule has 1 saturated heterocycles. The number of nitrogens with one attached hydrogen (secondary N) is 1. The maximum atomic E-state index is 13.7. The molecule has 4 amide bonds. The van der Waals surface area contributed by atoms with Crippen molar-refractivity contribution in [2.75, 3.05) is 18.0 Å². The molecule has 1 fully saturated rings. The first kappa shape index (κ1) is 14.3. The Morgan fingerprint density at radius 1 is 1.25 bits per heavy atom. The minimum absolute atomic E-state index is 0.198. The van der Waals surface area contributed by atoms with E-state index < -0.39 is 23.4 Å². The van der Waals surface area contributed by atoms with Gasteiger partial charge in [0.2, 0.25) is 0 Å². The lowest BCUT2D eigenvalue weighted by Gasteiger charge is -2.24. The highest BCUT2D eigenvalue weighted by atomic mass is 19.1. The number of carbonyl (C=O) groups excluding carboxylic acids is 2. The maximum absolute atomic E-state index is 13.7. The molecule has 0 unspecified atom stereocenters. The fraction of sp³-hybridized carbons (Fsp3) is 0.429. The molecule has 20 heavy (non-hydrogen) atoms. The molecule has 0 aliphatic carbocycles. The number of hydrogen-bond acceptors (Lipinski definition) is 2. The van der Waals surface area contributed by atoms with E-state index in [2.05, 4.69) is 5.32 Å². The van der Waals surface area contributed by atoms with Crippen molar-refractivity contribution in [3.63, 3.8) is 0 Å². The summed E-state index contributed by atoms with van der Waals surface area (Å²) < 4.78 is 13.7. The Labute approximate surface area is 117 Å². The molecule has 108 valence electrons. The molecule has 0 radical (unpaired) electrons. The van der Waals surface area contributed by atoms with E-state index in [0.717, 1.165) is 4.90 Å². The standard InChI is InChI=1S/C14H18FN3O2/c1-14(2,3)16-12(19)18-9-8-17(13(18)20)11-7-5-4-6-10(11)15/h4-7H,8-9H2,1-3H3,(H,16,19). The average Bonchev–Trinajstić information content (AvgIpc) is 2.69. The monoisotopic (exact) mass is 279 g/mol. The van der Waals surface area contributed by atoms with E-state index in [0.29, 0.717) is 0 Å². The molecule has 2 rings (SSSR count). The molecule has 0 atom stereocenters. The molecule has 0 bridgehead atoms. The van der Waals surface area contributed by atoms with Gasteiger partial charge in [-0.1, -0.05) is 12.1 Å². The molecule has 1 aromatic rings. The highest BCUT2D eigenvalue weighted by Gasteiger charge is 2.36. The minimum atomic E-state index is -0.503. The zero-order valence-electron chi connectivity index (χ0n) is 11.8. The van der Waals surface area contributed by atoms with Crippen molar-refractivity contribution in [1.82, 2.24) is 10.2 Å². The largest absolute Gasteiger partial charge is 0.333 e. The first-order chi connectivity index (χ1) is 9.29. The SMILES string of the molecule is CC(C)(C)NC(=O)N1CCN(c2ccccc2F)C1=O. The molecule has 6 heteroatoms. The van der Waals surface area contributed by atoms with Crippen LogP contribution in [0, 0.1) is 5.82 Å². The molecule has 1 aliphatic rings. The summed E-state index contributed by atoms with van der Waals surface area (Å²) in [5.41, 5.74) is -0.230. The number of carbonyl (C=O) groups is 2. The number of amides is 4. The number of halogens is 1. The van der Waals surface area contributed by atoms with Gasteiger partial charge in [0.1, 0.15) is 5.82 Å². The van der Waals surface area contributed by atoms with Crippen LogP contribution in [0.4, 0.5) is 19.7 Å². The highest BCUT2D eigenvalue weighted by Crippen LogP contribution is 2.23. The summed E-state index contributed by atoms with van der Waals surface area (Å²) in [7, 11) is 0. The summed E-state index contributed by atoms with van der Waals surface area (Å²) in [5.74, 6) is -0.473. The Morgan fingerprint density at radius 2 is 1.90 bits per heavy atom. The molecule has 5 nitrogen and oxygen atoms in total. The van der Waals surface area contributed by atoms with Gasteiger partial charge in [-0.3, -0.25) is 4.90 Å². The van der Waals surface area contributed by atoms with Crippen LogP contribution >= 0.6 is 0 Å². The van der Waals surface area contributed by atoms with E-state index in [1.807, 2.05) is 20.8 Å². The Kier molecular flexibility index (Phi) is 3.65. The van der Waals surface area contributed by atoms with Crippen molar-refractivity contribution in [2.24, 2.45) is 0 Å². The van der Waals surface area contributed by atoms with Gasteiger partial charge in [0.15, 0.2) is 0 Å². The summed E-state index contributed by atoms with van der Waals surface area (Å²) in [6.45, 7) is 6.03. The third-order valence-corrected chi connectivity index (χ3v) is 2.88. The molecule has 0 spiro atoms. The second-order valence-corrected chi connectivity index (χ2v) is 5.72. The van der Waals surface area contributed by atoms with Crippen molar-refractivity contribution < 1.29 is 14.0 Å². The zero-order chi connectivity index (χ0) is 14.9. The third kappa shape index (κ3) is 2.89. The van der Waals surface area contributed by atoms with Gasteiger partial charge in [0, 0.05) is 12.1 Å². The van der Waals surface area contributed by atoms with Crippen LogP contribution in [0.25, 0.3) is 0 Å². The first-order valence-corrected chi connectivity index (χ1v) is 6.45. The molecule has 1 heterocycles. The quantitative estimate of drug-likeness (QED) is 0.859. The summed E-state index contributed by atoms with van der Waals surface area (Å²) >= 11 is 0. The van der Waals surface area contributed by atoms with Crippen LogP contribution in [0.2, 0.25) is 0 Å². The smallest absolute Gasteiger partial charge is 0.332 e. The number of urea groups is 2. The Bertz CT molecular complexity index is 539. The van der Waals surface area contributed by atoms with Gasteiger partial charge in [0.25, 0.3) is 0 Å². The Morgan fingerprint density at radius 3 is 2.50 bits per heavy atom. The van der Waals surface area contributed by atoms with Crippen LogP contribution in [0.3, 0.4) is 0 Å². The molecular weight excluding hydrogens is 261 g/mol. The lowest BCUT2D eigenvalue weighted by Crippen LogP contribution is -2.49. The van der Waals surface area contributed by atoms with Gasteiger partial charge in [-0.05, 0) is 32.9 Å². The van der Waals surface area contributed by atoms with Gasteiger partial charge in [-0.2, -0.15) is 0 Å². The molecule has 1 aliphatic heterocycles. The average molecular weight is 279 g/mol. The number of para-hydroxylation sites is 1. The van der Waals surface area contributed by atoms with Gasteiger partial charge in [-0.15, -0.1) is 0 Å². The summed E-state index contributed by atoms with van der Waals surface area (Å²) in [6.07, 6.45) is 0. The molecule has 1 N–H and O–H groups in total. The third-order valence-electron chi connectivity index (χ3n) is 2.88. The number of anilines is 1. The van der Waals surface area contributed by atoms with Gasteiger partial charge in [0.05, 0.1) is 12.2 Å². The van der Waals surface area contributed by atoms with Crippen LogP contribution in [0.5, 0.6) is 0 Å². The number of imide groups is 1. The molecule has 0 saturated carbocycles. The fourth-order valence-electron chi connectivity index (χ4n) is 2.01. The minimum Gasteiger partial charge on any atom is -0.333 e. The van der Waals surface area contributed by atoms with E-state index in [1.165, 1.54) is 17.0 Å². The number of rotatable bonds is 1. The van der Waals surface area contributed by atoms with E-state index in [9.17, 15) is 14.0 Å². The van der Waals surface area contributed by atoms with E-state index in [1.54, 1.807) is 12.1 Å². The van der Waals surface area contributed by atoms with Crippen molar-refractivity contribution in [3.05, 3.63) is 30.1 Å². The summed E-state index contributed by atoms with van der Waals surface area (Å²) in [5, 5.41) is 2.72. The molecule has 0 aromatic heterocycles. The van der Waals surface area contributed by atoms with Crippen LogP contribution < -0.4 is 10.2 Å². The van der Waals surface area contributed by atoms with Gasteiger partial charge >= 0.3 is 12.1 Å². The summed E-state index contributed by atoms with van der Waals surface area (Å²) in [4.78, 5) is 26.6. The normalized spacial score (nSPS) is 15.7. The number of benzene rings is 1. The lowest BCUT2D eigenvalue weighted by atomic mass is 10.1. The lowest BCUT2D eigenvalue weighted by molar-refractivity contribution is 0.194. The van der Waals surface area contributed by atoms with Crippen molar-refractivity contribution >= 4 is 17.7 Å². The van der Waals surface area contributed by atoms with Crippen molar-refractivity contribution in [3.8, 4) is 0 Å². The second kappa shape index (κ2) is 5.11. The van der Waals surface area contributed by atoms with Crippen molar-refractivity contribution in [2.45, 2.75) is 26.3 Å². The van der Waals surface area contributed by atoms with Crippen LogP contribution in [0.15, 0.2) is 24.3 Å². The van der Waals surface area contributed by atoms with Crippen molar-refractivity contribution in [1.29, 1.82) is 0 Å². The molecular formula is C14H18FN3O2. The van der Waals surface area contributed by atoms with Crippen LogP contribution in [0.1, 0.15) is 20.8 Å². The van der Waals surface area contributed by atoms with E-state index in [-0.39, 0.29) is 18.8 Å². The predicted octanol–water partition coefficient (Wildman–Crippen LogP) is 2.58. The van der Waals surface area contributed by atoms with Crippen LogP contribution in [-0.2, 0) is 0 Å². The fourth-order valence-corrected chi connectivity index (χ4v) is 2.01. The predicted molar refractivity (Wildman–Crippen MR) is 74.1 cm³/mol. The van der Waals surface area contributed by atoms with E-state index in [4.69, 9.17) is 0 Å². The van der Waals surface area contributed by atoms with Crippen LogP contribution in [-0.4, -0.2) is 35.6 Å². The zero-order valence-corrected chi connectivity index (χ0v) is 11.8.